The number of hydrogen-bond donors (Lipinski definition) is 2. The Kier molecular flexibility index (Phi) is 6.98. The molecule has 1 aromatic rings. The molecule has 4 nitrogen and oxygen atoms in total. The lowest BCUT2D eigenvalue weighted by Crippen LogP contribution is -2.41. The number of carbonyl (C=O) groups excluding carboxylic acids is 1. The van der Waals surface area contributed by atoms with Crippen LogP contribution >= 0.6 is 24.8 Å². The highest BCUT2D eigenvalue weighted by molar-refractivity contribution is 5.95. The number of nitrogens with one attached hydrogen (secondary N) is 2. The molecular weight excluding hydrogens is 321 g/mol. The highest BCUT2D eigenvalue weighted by Gasteiger charge is 2.29. The molecule has 2 N–H and O–H groups in total. The van der Waals surface area contributed by atoms with Crippen LogP contribution < -0.4 is 10.6 Å². The Morgan fingerprint density at radius 2 is 2.14 bits per heavy atom. The summed E-state index contributed by atoms with van der Waals surface area (Å²) in [5.74, 6) is 0.0377. The summed E-state index contributed by atoms with van der Waals surface area (Å²) < 4.78 is 0. The number of carbonyl (C=O) groups is 1. The number of halogens is 2. The van der Waals surface area contributed by atoms with Gasteiger partial charge >= 0.3 is 0 Å². The fourth-order valence-electron chi connectivity index (χ4n) is 2.77. The standard InChI is InChI=1S/C16H23N3O.2ClH/c1-11(19(2)14-4-5-14)10-18-16(20)13-3-6-15-12(9-13)7-8-17-15;;/h3,6,9,11,14,17H,4-5,7-8,10H2,1-2H3,(H,18,20);2*1H. The maximum absolute atomic E-state index is 12.2. The van der Waals surface area contributed by atoms with Gasteiger partial charge in [-0.25, -0.2) is 0 Å². The molecule has 124 valence electrons. The largest absolute Gasteiger partial charge is 0.384 e. The molecule has 3 rings (SSSR count). The number of anilines is 1. The summed E-state index contributed by atoms with van der Waals surface area (Å²) in [5, 5.41) is 6.36. The van der Waals surface area contributed by atoms with Crippen molar-refractivity contribution in [3.63, 3.8) is 0 Å². The van der Waals surface area contributed by atoms with Crippen LogP contribution in [0.4, 0.5) is 5.69 Å². The Morgan fingerprint density at radius 1 is 1.41 bits per heavy atom. The zero-order chi connectivity index (χ0) is 14.1. The molecule has 2 aliphatic rings. The van der Waals surface area contributed by atoms with Gasteiger partial charge in [0.1, 0.15) is 0 Å². The van der Waals surface area contributed by atoms with Crippen molar-refractivity contribution in [2.75, 3.05) is 25.5 Å². The zero-order valence-electron chi connectivity index (χ0n) is 13.1. The fourth-order valence-corrected chi connectivity index (χ4v) is 2.77. The molecule has 1 aliphatic heterocycles. The number of fused-ring (bicyclic) bond motifs is 1. The van der Waals surface area contributed by atoms with Crippen molar-refractivity contribution in [1.29, 1.82) is 0 Å². The van der Waals surface area contributed by atoms with Gasteiger partial charge in [-0.3, -0.25) is 9.69 Å². The molecule has 1 fully saturated rings. The maximum atomic E-state index is 12.2. The van der Waals surface area contributed by atoms with Crippen molar-refractivity contribution in [1.82, 2.24) is 10.2 Å². The minimum atomic E-state index is 0. The summed E-state index contributed by atoms with van der Waals surface area (Å²) in [7, 11) is 2.15. The lowest BCUT2D eigenvalue weighted by Gasteiger charge is -2.24. The highest BCUT2D eigenvalue weighted by Crippen LogP contribution is 2.26. The van der Waals surface area contributed by atoms with Gasteiger partial charge in [-0.2, -0.15) is 0 Å². The van der Waals surface area contributed by atoms with E-state index in [1.165, 1.54) is 24.1 Å². The average molecular weight is 346 g/mol. The minimum Gasteiger partial charge on any atom is -0.384 e. The molecule has 0 aromatic heterocycles. The predicted molar refractivity (Wildman–Crippen MR) is 95.7 cm³/mol. The van der Waals surface area contributed by atoms with Crippen molar-refractivity contribution in [2.24, 2.45) is 0 Å². The smallest absolute Gasteiger partial charge is 0.251 e. The van der Waals surface area contributed by atoms with Gasteiger partial charge in [0, 0.05) is 36.4 Å². The van der Waals surface area contributed by atoms with Gasteiger partial charge in [0.05, 0.1) is 0 Å². The van der Waals surface area contributed by atoms with Crippen LogP contribution in [0, 0.1) is 0 Å². The fraction of sp³-hybridized carbons (Fsp3) is 0.562. The van der Waals surface area contributed by atoms with Gasteiger partial charge < -0.3 is 10.6 Å². The van der Waals surface area contributed by atoms with E-state index < -0.39 is 0 Å². The van der Waals surface area contributed by atoms with Crippen molar-refractivity contribution in [3.05, 3.63) is 29.3 Å². The number of rotatable bonds is 5. The van der Waals surface area contributed by atoms with E-state index in [0.717, 1.165) is 24.6 Å². The molecule has 1 aromatic carbocycles. The third kappa shape index (κ3) is 4.28. The van der Waals surface area contributed by atoms with E-state index in [4.69, 9.17) is 0 Å². The van der Waals surface area contributed by atoms with Crippen LogP contribution in [0.25, 0.3) is 0 Å². The Morgan fingerprint density at radius 3 is 2.82 bits per heavy atom. The molecule has 1 saturated carbocycles. The molecule has 1 unspecified atom stereocenters. The molecule has 0 saturated heterocycles. The summed E-state index contributed by atoms with van der Waals surface area (Å²) in [5.41, 5.74) is 3.19. The third-order valence-electron chi connectivity index (χ3n) is 4.45. The Labute approximate surface area is 144 Å². The number of nitrogens with zero attached hydrogens (tertiary/aromatic N) is 1. The lowest BCUT2D eigenvalue weighted by molar-refractivity contribution is 0.0939. The van der Waals surface area contributed by atoms with Gasteiger partial charge in [0.2, 0.25) is 0 Å². The van der Waals surface area contributed by atoms with Crippen molar-refractivity contribution in [2.45, 2.75) is 38.3 Å². The minimum absolute atomic E-state index is 0. The van der Waals surface area contributed by atoms with Crippen molar-refractivity contribution < 1.29 is 4.79 Å². The van der Waals surface area contributed by atoms with Crippen LogP contribution in [0.3, 0.4) is 0 Å². The van der Waals surface area contributed by atoms with Crippen LogP contribution in [0.2, 0.25) is 0 Å². The maximum Gasteiger partial charge on any atom is 0.251 e. The molecule has 0 spiro atoms. The normalized spacial score (nSPS) is 16.9. The number of amides is 1. The zero-order valence-corrected chi connectivity index (χ0v) is 14.7. The van der Waals surface area contributed by atoms with Gasteiger partial charge in [0.15, 0.2) is 0 Å². The molecular formula is C16H25Cl2N3O. The summed E-state index contributed by atoms with van der Waals surface area (Å²) >= 11 is 0. The van der Waals surface area contributed by atoms with Gasteiger partial charge in [0.25, 0.3) is 5.91 Å². The summed E-state index contributed by atoms with van der Waals surface area (Å²) in [4.78, 5) is 14.6. The van der Waals surface area contributed by atoms with Gasteiger partial charge in [-0.1, -0.05) is 0 Å². The first-order valence-corrected chi connectivity index (χ1v) is 7.52. The van der Waals surface area contributed by atoms with Crippen molar-refractivity contribution in [3.8, 4) is 0 Å². The second-order valence-electron chi connectivity index (χ2n) is 6.00. The predicted octanol–water partition coefficient (Wildman–Crippen LogP) is 2.71. The van der Waals surface area contributed by atoms with Gasteiger partial charge in [-0.05, 0) is 57.0 Å². The SMILES string of the molecule is CC(CNC(=O)c1ccc2c(c1)CCN2)N(C)C1CC1.Cl.Cl. The number of hydrogen-bond acceptors (Lipinski definition) is 3. The second kappa shape index (κ2) is 8.04. The first-order chi connectivity index (χ1) is 9.65. The Hall–Kier alpha value is -0.970. The van der Waals surface area contributed by atoms with Crippen molar-refractivity contribution >= 4 is 36.4 Å². The van der Waals surface area contributed by atoms with E-state index in [9.17, 15) is 4.79 Å². The summed E-state index contributed by atoms with van der Waals surface area (Å²) in [6.07, 6.45) is 3.61. The monoisotopic (exact) mass is 345 g/mol. The Bertz CT molecular complexity index is 520. The molecule has 1 amide bonds. The molecule has 1 aliphatic carbocycles. The molecule has 6 heteroatoms. The highest BCUT2D eigenvalue weighted by atomic mass is 35.5. The average Bonchev–Trinajstić information content (AvgIpc) is 3.20. The van der Waals surface area contributed by atoms with Crippen LogP contribution in [0.15, 0.2) is 18.2 Å². The first-order valence-electron chi connectivity index (χ1n) is 7.52. The molecule has 1 atom stereocenters. The third-order valence-corrected chi connectivity index (χ3v) is 4.45. The van der Waals surface area contributed by atoms with Crippen LogP contribution in [-0.4, -0.2) is 43.0 Å². The van der Waals surface area contributed by atoms with E-state index in [1.807, 2.05) is 18.2 Å². The van der Waals surface area contributed by atoms with E-state index in [-0.39, 0.29) is 30.7 Å². The quantitative estimate of drug-likeness (QED) is 0.862. The summed E-state index contributed by atoms with van der Waals surface area (Å²) in [6, 6.07) is 7.05. The topological polar surface area (TPSA) is 44.4 Å². The molecule has 0 bridgehead atoms. The Balaban J connectivity index is 0.00000121. The lowest BCUT2D eigenvalue weighted by atomic mass is 10.1. The van der Waals surface area contributed by atoms with Crippen LogP contribution in [0.1, 0.15) is 35.7 Å². The summed E-state index contributed by atoms with van der Waals surface area (Å²) in [6.45, 7) is 3.86. The molecule has 22 heavy (non-hydrogen) atoms. The van der Waals surface area contributed by atoms with E-state index >= 15 is 0 Å². The van der Waals surface area contributed by atoms with E-state index in [0.29, 0.717) is 12.6 Å². The van der Waals surface area contributed by atoms with Crippen LogP contribution in [-0.2, 0) is 6.42 Å². The number of likely N-dealkylation sites (N-methyl/N-ethyl adjacent to an activating group) is 1. The first kappa shape index (κ1) is 19.1. The molecule has 1 heterocycles. The second-order valence-corrected chi connectivity index (χ2v) is 6.00. The van der Waals surface area contributed by atoms with Gasteiger partial charge in [-0.15, -0.1) is 24.8 Å². The van der Waals surface area contributed by atoms with Crippen LogP contribution in [0.5, 0.6) is 0 Å². The van der Waals surface area contributed by atoms with E-state index in [2.05, 4.69) is 29.5 Å². The molecule has 0 radical (unpaired) electrons. The van der Waals surface area contributed by atoms with E-state index in [1.54, 1.807) is 0 Å². The number of benzene rings is 1.